The summed E-state index contributed by atoms with van der Waals surface area (Å²) >= 11 is 0. The van der Waals surface area contributed by atoms with E-state index in [1.807, 2.05) is 26.8 Å². The van der Waals surface area contributed by atoms with Crippen molar-refractivity contribution < 1.29 is 18.0 Å². The summed E-state index contributed by atoms with van der Waals surface area (Å²) in [6.45, 7) is 5.68. The number of anilines is 2. The van der Waals surface area contributed by atoms with Crippen LogP contribution in [-0.2, 0) is 6.18 Å². The normalized spacial score (nSPS) is 11.2. The molecule has 5 nitrogen and oxygen atoms in total. The minimum absolute atomic E-state index is 0.0452. The summed E-state index contributed by atoms with van der Waals surface area (Å²) in [4.78, 5) is 18.3. The number of carbonyl (C=O) groups excluding carboxylic acids is 1. The maximum atomic E-state index is 12.9. The van der Waals surface area contributed by atoms with Gasteiger partial charge in [0.15, 0.2) is 6.19 Å². The van der Waals surface area contributed by atoms with Crippen molar-refractivity contribution in [2.24, 2.45) is 0 Å². The van der Waals surface area contributed by atoms with E-state index in [1.54, 1.807) is 30.6 Å². The zero-order valence-electron chi connectivity index (χ0n) is 17.7. The standard InChI is InChI=1S/C24H21F3N4O/c1-15(2)31(14-28)21-10-18(12-29-13-21)22-11-20(8-7-16(22)3)30-23(32)17-5-4-6-19(9-17)24(25,26)27/h4-13,15H,1-3H3,(H,30,32). The smallest absolute Gasteiger partial charge is 0.322 e. The maximum absolute atomic E-state index is 12.9. The van der Waals surface area contributed by atoms with Gasteiger partial charge in [0.25, 0.3) is 5.91 Å². The molecule has 1 N–H and O–H groups in total. The second-order valence-corrected chi connectivity index (χ2v) is 7.56. The molecule has 164 valence electrons. The van der Waals surface area contributed by atoms with Crippen LogP contribution in [0.15, 0.2) is 60.9 Å². The van der Waals surface area contributed by atoms with Gasteiger partial charge in [-0.25, -0.2) is 0 Å². The largest absolute Gasteiger partial charge is 0.416 e. The maximum Gasteiger partial charge on any atom is 0.416 e. The minimum Gasteiger partial charge on any atom is -0.322 e. The lowest BCUT2D eigenvalue weighted by molar-refractivity contribution is -0.137. The molecule has 0 spiro atoms. The molecule has 0 aliphatic rings. The van der Waals surface area contributed by atoms with E-state index in [2.05, 4.69) is 16.5 Å². The van der Waals surface area contributed by atoms with Crippen molar-refractivity contribution in [2.75, 3.05) is 10.2 Å². The van der Waals surface area contributed by atoms with E-state index in [0.717, 1.165) is 28.8 Å². The first kappa shape index (κ1) is 22.8. The van der Waals surface area contributed by atoms with Crippen LogP contribution >= 0.6 is 0 Å². The average Bonchev–Trinajstić information content (AvgIpc) is 2.75. The minimum atomic E-state index is -4.53. The van der Waals surface area contributed by atoms with Gasteiger partial charge in [-0.1, -0.05) is 12.1 Å². The van der Waals surface area contributed by atoms with E-state index in [9.17, 15) is 23.2 Å². The van der Waals surface area contributed by atoms with E-state index >= 15 is 0 Å². The molecule has 1 aromatic heterocycles. The molecule has 0 radical (unpaired) electrons. The Labute approximate surface area is 184 Å². The molecular weight excluding hydrogens is 417 g/mol. The van der Waals surface area contributed by atoms with Crippen LogP contribution in [0.3, 0.4) is 0 Å². The third kappa shape index (κ3) is 5.06. The second-order valence-electron chi connectivity index (χ2n) is 7.56. The quantitative estimate of drug-likeness (QED) is 0.390. The molecule has 1 amide bonds. The molecule has 0 saturated heterocycles. The lowest BCUT2D eigenvalue weighted by Crippen LogP contribution is -2.25. The van der Waals surface area contributed by atoms with Crippen LogP contribution in [0.2, 0.25) is 0 Å². The number of nitriles is 1. The van der Waals surface area contributed by atoms with Crippen molar-refractivity contribution in [3.63, 3.8) is 0 Å². The summed E-state index contributed by atoms with van der Waals surface area (Å²) in [6.07, 6.45) is 0.860. The van der Waals surface area contributed by atoms with Crippen LogP contribution in [0, 0.1) is 18.4 Å². The highest BCUT2D eigenvalue weighted by atomic mass is 19.4. The van der Waals surface area contributed by atoms with Crippen LogP contribution in [-0.4, -0.2) is 16.9 Å². The van der Waals surface area contributed by atoms with E-state index in [4.69, 9.17) is 0 Å². The van der Waals surface area contributed by atoms with Crippen molar-refractivity contribution in [1.29, 1.82) is 5.26 Å². The van der Waals surface area contributed by atoms with Crippen molar-refractivity contribution in [3.8, 4) is 17.3 Å². The Balaban J connectivity index is 1.91. The third-order valence-corrected chi connectivity index (χ3v) is 4.88. The van der Waals surface area contributed by atoms with Gasteiger partial charge in [-0.05, 0) is 68.3 Å². The lowest BCUT2D eigenvalue weighted by Gasteiger charge is -2.20. The van der Waals surface area contributed by atoms with Gasteiger partial charge in [0.05, 0.1) is 17.4 Å². The Kier molecular flexibility index (Phi) is 6.49. The number of pyridine rings is 1. The first-order chi connectivity index (χ1) is 15.1. The summed E-state index contributed by atoms with van der Waals surface area (Å²) in [5.74, 6) is -0.645. The molecule has 3 rings (SSSR count). The highest BCUT2D eigenvalue weighted by Crippen LogP contribution is 2.31. The molecule has 3 aromatic rings. The van der Waals surface area contributed by atoms with Gasteiger partial charge >= 0.3 is 6.18 Å². The van der Waals surface area contributed by atoms with Crippen LogP contribution in [0.5, 0.6) is 0 Å². The molecular formula is C24H21F3N4O. The number of nitrogens with one attached hydrogen (secondary N) is 1. The number of amides is 1. The second kappa shape index (κ2) is 9.10. The van der Waals surface area contributed by atoms with Crippen molar-refractivity contribution in [3.05, 3.63) is 77.6 Å². The first-order valence-electron chi connectivity index (χ1n) is 9.84. The number of nitrogens with zero attached hydrogens (tertiary/aromatic N) is 3. The topological polar surface area (TPSA) is 69.0 Å². The number of rotatable bonds is 5. The summed E-state index contributed by atoms with van der Waals surface area (Å²) < 4.78 is 38.8. The fourth-order valence-corrected chi connectivity index (χ4v) is 3.23. The number of aryl methyl sites for hydroxylation is 1. The van der Waals surface area contributed by atoms with Crippen LogP contribution < -0.4 is 10.2 Å². The van der Waals surface area contributed by atoms with E-state index in [1.165, 1.54) is 17.0 Å². The van der Waals surface area contributed by atoms with Gasteiger partial charge in [-0.2, -0.15) is 18.4 Å². The number of carbonyl (C=O) groups is 1. The van der Waals surface area contributed by atoms with Gasteiger partial charge in [0.2, 0.25) is 0 Å². The highest BCUT2D eigenvalue weighted by Gasteiger charge is 2.30. The molecule has 2 aromatic carbocycles. The molecule has 0 bridgehead atoms. The van der Waals surface area contributed by atoms with Crippen LogP contribution in [0.1, 0.15) is 35.3 Å². The summed E-state index contributed by atoms with van der Waals surface area (Å²) in [5.41, 5.74) is 2.53. The van der Waals surface area contributed by atoms with Gasteiger partial charge in [-0.3, -0.25) is 14.7 Å². The van der Waals surface area contributed by atoms with Gasteiger partial charge < -0.3 is 5.32 Å². The molecule has 8 heteroatoms. The molecule has 0 aliphatic carbocycles. The molecule has 0 fully saturated rings. The number of benzene rings is 2. The lowest BCUT2D eigenvalue weighted by atomic mass is 10.0. The highest BCUT2D eigenvalue weighted by molar-refractivity contribution is 6.04. The molecule has 0 unspecified atom stereocenters. The monoisotopic (exact) mass is 438 g/mol. The number of hydrogen-bond donors (Lipinski definition) is 1. The fourth-order valence-electron chi connectivity index (χ4n) is 3.23. The predicted octanol–water partition coefficient (Wildman–Crippen LogP) is 6.02. The Morgan fingerprint density at radius 1 is 1.12 bits per heavy atom. The van der Waals surface area contributed by atoms with Crippen LogP contribution in [0.4, 0.5) is 24.5 Å². The fraction of sp³-hybridized carbons (Fsp3) is 0.208. The number of alkyl halides is 3. The van der Waals surface area contributed by atoms with Gasteiger partial charge in [0.1, 0.15) is 0 Å². The van der Waals surface area contributed by atoms with E-state index in [-0.39, 0.29) is 11.6 Å². The molecule has 1 heterocycles. The van der Waals surface area contributed by atoms with Crippen molar-refractivity contribution in [1.82, 2.24) is 4.98 Å². The third-order valence-electron chi connectivity index (χ3n) is 4.88. The van der Waals surface area contributed by atoms with Crippen LogP contribution in [0.25, 0.3) is 11.1 Å². The van der Waals surface area contributed by atoms with Gasteiger partial charge in [-0.15, -0.1) is 0 Å². The molecule has 0 atom stereocenters. The Morgan fingerprint density at radius 2 is 1.88 bits per heavy atom. The zero-order chi connectivity index (χ0) is 23.5. The first-order valence-corrected chi connectivity index (χ1v) is 9.84. The van der Waals surface area contributed by atoms with Crippen molar-refractivity contribution >= 4 is 17.3 Å². The number of aromatic nitrogens is 1. The number of halogens is 3. The van der Waals surface area contributed by atoms with Crippen molar-refractivity contribution in [2.45, 2.75) is 33.0 Å². The summed E-state index contributed by atoms with van der Waals surface area (Å²) in [5, 5.41) is 12.1. The molecule has 32 heavy (non-hydrogen) atoms. The molecule has 0 aliphatic heterocycles. The zero-order valence-corrected chi connectivity index (χ0v) is 17.7. The Bertz CT molecular complexity index is 1180. The number of hydrogen-bond acceptors (Lipinski definition) is 4. The predicted molar refractivity (Wildman–Crippen MR) is 117 cm³/mol. The van der Waals surface area contributed by atoms with E-state index in [0.29, 0.717) is 11.4 Å². The Hall–Kier alpha value is -3.86. The SMILES string of the molecule is Cc1ccc(NC(=O)c2cccc(C(F)(F)F)c2)cc1-c1cncc(N(C#N)C(C)C)c1. The van der Waals surface area contributed by atoms with Gasteiger partial charge in [0, 0.05) is 29.1 Å². The van der Waals surface area contributed by atoms with E-state index < -0.39 is 17.6 Å². The summed E-state index contributed by atoms with van der Waals surface area (Å²) in [7, 11) is 0. The summed E-state index contributed by atoms with van der Waals surface area (Å²) in [6, 6.07) is 11.3. The average molecular weight is 438 g/mol. The Morgan fingerprint density at radius 3 is 2.53 bits per heavy atom. The molecule has 0 saturated carbocycles.